The van der Waals surface area contributed by atoms with E-state index in [0.29, 0.717) is 5.95 Å². The van der Waals surface area contributed by atoms with Gasteiger partial charge in [0.1, 0.15) is 0 Å². The average molecular weight is 400 g/mol. The molecule has 30 heavy (non-hydrogen) atoms. The molecule has 3 aromatic heterocycles. The first-order valence-electron chi connectivity index (χ1n) is 9.75. The van der Waals surface area contributed by atoms with E-state index in [1.807, 2.05) is 53.2 Å². The molecule has 1 amide bonds. The van der Waals surface area contributed by atoms with Crippen molar-refractivity contribution in [2.45, 2.75) is 32.6 Å². The Morgan fingerprint density at radius 1 is 1.13 bits per heavy atom. The van der Waals surface area contributed by atoms with Crippen molar-refractivity contribution in [1.29, 1.82) is 0 Å². The number of fused-ring (bicyclic) bond motifs is 1. The number of nitrogens with one attached hydrogen (secondary N) is 1. The zero-order valence-electron chi connectivity index (χ0n) is 17.3. The van der Waals surface area contributed by atoms with Crippen LogP contribution in [0.3, 0.4) is 0 Å². The number of primary amides is 1. The van der Waals surface area contributed by atoms with Gasteiger partial charge in [-0.15, -0.1) is 5.10 Å². The summed E-state index contributed by atoms with van der Waals surface area (Å²) in [5.74, 6) is 0.0983. The summed E-state index contributed by atoms with van der Waals surface area (Å²) in [6.45, 7) is 6.41. The Kier molecular flexibility index (Phi) is 4.95. The van der Waals surface area contributed by atoms with Crippen molar-refractivity contribution in [1.82, 2.24) is 19.6 Å². The summed E-state index contributed by atoms with van der Waals surface area (Å²) in [7, 11) is 0. The maximum absolute atomic E-state index is 11.4. The first kappa shape index (κ1) is 19.6. The van der Waals surface area contributed by atoms with Crippen molar-refractivity contribution < 1.29 is 4.79 Å². The van der Waals surface area contributed by atoms with E-state index in [1.165, 1.54) is 0 Å². The quantitative estimate of drug-likeness (QED) is 0.530. The van der Waals surface area contributed by atoms with E-state index < -0.39 is 0 Å². The Morgan fingerprint density at radius 2 is 1.97 bits per heavy atom. The van der Waals surface area contributed by atoms with Gasteiger partial charge in [-0.25, -0.2) is 9.50 Å². The number of nitrogens with zero attached hydrogens (tertiary/aromatic N) is 4. The van der Waals surface area contributed by atoms with E-state index in [1.54, 1.807) is 12.4 Å². The number of anilines is 2. The molecule has 0 aliphatic carbocycles. The van der Waals surface area contributed by atoms with Crippen molar-refractivity contribution in [3.63, 3.8) is 0 Å². The number of amides is 1. The largest absolute Gasteiger partial charge is 0.369 e. The number of carbonyl (C=O) groups is 1. The Balaban J connectivity index is 1.76. The standard InChI is InChI=1S/C23H24N6O/c1-23(2,3)18-8-6-15(12-21(24)30)11-19(18)27-22-26-14-17-7-9-20(29(17)28-22)16-5-4-10-25-13-16/h4-11,13-14H,12H2,1-3H3,(H2,24,30)(H,27,28). The highest BCUT2D eigenvalue weighted by Gasteiger charge is 2.19. The maximum Gasteiger partial charge on any atom is 0.245 e. The Morgan fingerprint density at radius 3 is 2.67 bits per heavy atom. The summed E-state index contributed by atoms with van der Waals surface area (Å²) in [6, 6.07) is 13.8. The van der Waals surface area contributed by atoms with Gasteiger partial charge in [0.25, 0.3) is 0 Å². The molecule has 3 N–H and O–H groups in total. The van der Waals surface area contributed by atoms with Crippen LogP contribution in [0.4, 0.5) is 11.6 Å². The second-order valence-electron chi connectivity index (χ2n) is 8.28. The highest BCUT2D eigenvalue weighted by molar-refractivity contribution is 5.77. The Hall–Kier alpha value is -3.74. The minimum absolute atomic E-state index is 0.105. The van der Waals surface area contributed by atoms with Gasteiger partial charge in [0, 0.05) is 23.6 Å². The Labute approximate surface area is 175 Å². The van der Waals surface area contributed by atoms with Gasteiger partial charge in [-0.1, -0.05) is 32.9 Å². The fraction of sp³-hybridized carbons (Fsp3) is 0.217. The zero-order valence-corrected chi connectivity index (χ0v) is 17.3. The zero-order chi connectivity index (χ0) is 21.3. The van der Waals surface area contributed by atoms with Crippen LogP contribution in [-0.4, -0.2) is 25.5 Å². The van der Waals surface area contributed by atoms with E-state index in [9.17, 15) is 4.79 Å². The van der Waals surface area contributed by atoms with Gasteiger partial charge in [-0.3, -0.25) is 9.78 Å². The monoisotopic (exact) mass is 400 g/mol. The van der Waals surface area contributed by atoms with Gasteiger partial charge < -0.3 is 11.1 Å². The number of pyridine rings is 1. The summed E-state index contributed by atoms with van der Waals surface area (Å²) in [6.07, 6.45) is 5.51. The lowest BCUT2D eigenvalue weighted by Gasteiger charge is -2.24. The molecule has 152 valence electrons. The summed E-state index contributed by atoms with van der Waals surface area (Å²) < 4.78 is 1.84. The van der Waals surface area contributed by atoms with E-state index >= 15 is 0 Å². The minimum atomic E-state index is -0.365. The minimum Gasteiger partial charge on any atom is -0.369 e. The van der Waals surface area contributed by atoms with Gasteiger partial charge >= 0.3 is 0 Å². The van der Waals surface area contributed by atoms with Crippen LogP contribution in [0.15, 0.2) is 61.1 Å². The third-order valence-electron chi connectivity index (χ3n) is 4.87. The van der Waals surface area contributed by atoms with Gasteiger partial charge in [0.15, 0.2) is 0 Å². The van der Waals surface area contributed by atoms with Crippen molar-refractivity contribution in [3.05, 3.63) is 72.2 Å². The molecule has 0 fully saturated rings. The average Bonchev–Trinajstić information content (AvgIpc) is 3.11. The molecule has 0 aliphatic rings. The number of aromatic nitrogens is 4. The lowest BCUT2D eigenvalue weighted by Crippen LogP contribution is -2.17. The summed E-state index contributed by atoms with van der Waals surface area (Å²) >= 11 is 0. The number of hydrogen-bond donors (Lipinski definition) is 2. The van der Waals surface area contributed by atoms with Crippen LogP contribution >= 0.6 is 0 Å². The van der Waals surface area contributed by atoms with Crippen molar-refractivity contribution >= 4 is 23.1 Å². The normalized spacial score (nSPS) is 11.6. The van der Waals surface area contributed by atoms with Gasteiger partial charge in [0.2, 0.25) is 11.9 Å². The van der Waals surface area contributed by atoms with Crippen LogP contribution < -0.4 is 11.1 Å². The van der Waals surface area contributed by atoms with E-state index in [4.69, 9.17) is 10.8 Å². The molecule has 3 heterocycles. The maximum atomic E-state index is 11.4. The molecule has 0 spiro atoms. The molecule has 0 atom stereocenters. The molecule has 1 aromatic carbocycles. The fourth-order valence-corrected chi connectivity index (χ4v) is 3.47. The van der Waals surface area contributed by atoms with Crippen LogP contribution in [0, 0.1) is 0 Å². The lowest BCUT2D eigenvalue weighted by atomic mass is 9.85. The molecular weight excluding hydrogens is 376 g/mol. The van der Waals surface area contributed by atoms with Crippen LogP contribution in [0.2, 0.25) is 0 Å². The second-order valence-corrected chi connectivity index (χ2v) is 8.28. The molecule has 7 heteroatoms. The molecule has 4 rings (SSSR count). The number of benzene rings is 1. The molecule has 4 aromatic rings. The van der Waals surface area contributed by atoms with Crippen molar-refractivity contribution in [3.8, 4) is 11.3 Å². The molecule has 0 bridgehead atoms. The third kappa shape index (κ3) is 4.00. The topological polar surface area (TPSA) is 98.2 Å². The van der Waals surface area contributed by atoms with Crippen LogP contribution in [0.1, 0.15) is 31.9 Å². The highest BCUT2D eigenvalue weighted by Crippen LogP contribution is 2.32. The van der Waals surface area contributed by atoms with Crippen LogP contribution in [0.25, 0.3) is 16.8 Å². The first-order valence-corrected chi connectivity index (χ1v) is 9.75. The molecule has 0 aliphatic heterocycles. The predicted octanol–water partition coefficient (Wildman–Crippen LogP) is 3.86. The number of rotatable bonds is 5. The Bertz CT molecular complexity index is 1210. The van der Waals surface area contributed by atoms with Crippen LogP contribution in [0.5, 0.6) is 0 Å². The SMILES string of the molecule is CC(C)(C)c1ccc(CC(N)=O)cc1Nc1ncc2ccc(-c3cccnc3)n2n1. The molecule has 0 radical (unpaired) electrons. The van der Waals surface area contributed by atoms with Gasteiger partial charge in [-0.2, -0.15) is 0 Å². The molecule has 0 saturated carbocycles. The lowest BCUT2D eigenvalue weighted by molar-refractivity contribution is -0.117. The number of nitrogens with two attached hydrogens (primary N) is 1. The number of carbonyl (C=O) groups excluding carboxylic acids is 1. The van der Waals surface area contributed by atoms with Crippen molar-refractivity contribution in [2.24, 2.45) is 5.73 Å². The fourth-order valence-electron chi connectivity index (χ4n) is 3.47. The highest BCUT2D eigenvalue weighted by atomic mass is 16.1. The third-order valence-corrected chi connectivity index (χ3v) is 4.87. The van der Waals surface area contributed by atoms with Gasteiger partial charge in [0.05, 0.1) is 23.8 Å². The molecule has 0 saturated heterocycles. The van der Waals surface area contributed by atoms with E-state index in [2.05, 4.69) is 36.1 Å². The summed E-state index contributed by atoms with van der Waals surface area (Å²) in [5.41, 5.74) is 10.9. The molecule has 7 nitrogen and oxygen atoms in total. The second kappa shape index (κ2) is 7.59. The molecular formula is C23H24N6O. The first-order chi connectivity index (χ1) is 14.3. The predicted molar refractivity (Wildman–Crippen MR) is 118 cm³/mol. The van der Waals surface area contributed by atoms with Gasteiger partial charge in [-0.05, 0) is 46.9 Å². The van der Waals surface area contributed by atoms with Crippen molar-refractivity contribution in [2.75, 3.05) is 5.32 Å². The van der Waals surface area contributed by atoms with Crippen LogP contribution in [-0.2, 0) is 16.6 Å². The molecule has 0 unspecified atom stereocenters. The summed E-state index contributed by atoms with van der Waals surface area (Å²) in [5, 5.41) is 8.04. The summed E-state index contributed by atoms with van der Waals surface area (Å²) in [4.78, 5) is 20.0. The van der Waals surface area contributed by atoms with E-state index in [-0.39, 0.29) is 17.7 Å². The number of hydrogen-bond acceptors (Lipinski definition) is 5. The van der Waals surface area contributed by atoms with E-state index in [0.717, 1.165) is 33.6 Å². The smallest absolute Gasteiger partial charge is 0.245 e.